The summed E-state index contributed by atoms with van der Waals surface area (Å²) in [5.41, 5.74) is 13.3. The van der Waals surface area contributed by atoms with E-state index in [1.54, 1.807) is 0 Å². The largest absolute Gasteiger partial charge is 0.310 e. The zero-order chi connectivity index (χ0) is 39.6. The number of hydrogen-bond acceptors (Lipinski definition) is 2. The van der Waals surface area contributed by atoms with Crippen LogP contribution in [0.2, 0.25) is 0 Å². The molecule has 3 aromatic heterocycles. The summed E-state index contributed by atoms with van der Waals surface area (Å²) >= 11 is 0. The molecule has 0 N–H and O–H groups in total. The van der Waals surface area contributed by atoms with Crippen molar-refractivity contribution in [2.24, 2.45) is 0 Å². The molecule has 0 amide bonds. The number of fused-ring (bicyclic) bond motifs is 7. The predicted molar refractivity (Wildman–Crippen MR) is 250 cm³/mol. The van der Waals surface area contributed by atoms with Crippen LogP contribution in [0.3, 0.4) is 0 Å². The highest BCUT2D eigenvalue weighted by molar-refractivity contribution is 6.11. The van der Waals surface area contributed by atoms with E-state index in [0.29, 0.717) is 0 Å². The molecular formula is C56H38N4. The second-order valence-corrected chi connectivity index (χ2v) is 15.7. The van der Waals surface area contributed by atoms with Crippen molar-refractivity contribution < 1.29 is 0 Å². The van der Waals surface area contributed by atoms with Gasteiger partial charge < -0.3 is 9.13 Å². The molecule has 0 aliphatic heterocycles. The van der Waals surface area contributed by atoms with Gasteiger partial charge >= 0.3 is 0 Å². The monoisotopic (exact) mass is 766 g/mol. The van der Waals surface area contributed by atoms with Crippen LogP contribution in [0.15, 0.2) is 194 Å². The molecule has 0 spiro atoms. The fourth-order valence-corrected chi connectivity index (χ4v) is 9.26. The first-order valence-corrected chi connectivity index (χ1v) is 20.7. The fourth-order valence-electron chi connectivity index (χ4n) is 9.26. The Morgan fingerprint density at radius 3 is 1.72 bits per heavy atom. The van der Waals surface area contributed by atoms with Crippen LogP contribution in [0.25, 0.3) is 112 Å². The van der Waals surface area contributed by atoms with Crippen molar-refractivity contribution in [2.45, 2.75) is 12.8 Å². The average molecular weight is 767 g/mol. The Morgan fingerprint density at radius 2 is 0.933 bits per heavy atom. The van der Waals surface area contributed by atoms with Crippen molar-refractivity contribution in [3.8, 4) is 56.4 Å². The van der Waals surface area contributed by atoms with E-state index in [1.807, 2.05) is 24.3 Å². The van der Waals surface area contributed by atoms with E-state index in [2.05, 4.69) is 191 Å². The predicted octanol–water partition coefficient (Wildman–Crippen LogP) is 12.7. The Labute approximate surface area is 347 Å². The quantitative estimate of drug-likeness (QED) is 0.169. The maximum Gasteiger partial charge on any atom is 0.160 e. The van der Waals surface area contributed by atoms with Gasteiger partial charge in [0.15, 0.2) is 5.82 Å². The number of hydrogen-bond donors (Lipinski definition) is 0. The van der Waals surface area contributed by atoms with Crippen LogP contribution >= 0.6 is 0 Å². The van der Waals surface area contributed by atoms with Crippen LogP contribution in [0, 0.1) is 0 Å². The van der Waals surface area contributed by atoms with Crippen LogP contribution in [0.1, 0.15) is 12.8 Å². The number of rotatable bonds is 6. The molecule has 1 aliphatic rings. The molecule has 0 radical (unpaired) electrons. The van der Waals surface area contributed by atoms with Gasteiger partial charge in [-0.15, -0.1) is 0 Å². The third-order valence-corrected chi connectivity index (χ3v) is 12.1. The molecule has 0 fully saturated rings. The molecule has 12 rings (SSSR count). The van der Waals surface area contributed by atoms with E-state index in [1.165, 1.54) is 65.5 Å². The van der Waals surface area contributed by atoms with Crippen LogP contribution in [-0.4, -0.2) is 19.1 Å². The van der Waals surface area contributed by atoms with Crippen molar-refractivity contribution in [1.29, 1.82) is 0 Å². The lowest BCUT2D eigenvalue weighted by Gasteiger charge is -2.12. The SMILES string of the molecule is C1=c2c(n(-c3ccccc3)c3ccc(-c4ccc5c(c4)c4ccccc4n5-c4ccc5cc(-c6cc(-c7ccccc7)nc(-c7ccccc7)n6)ccc5c4)cc23)=CCC1. The van der Waals surface area contributed by atoms with E-state index < -0.39 is 0 Å². The Kier molecular flexibility index (Phi) is 7.95. The van der Waals surface area contributed by atoms with Crippen LogP contribution in [0.4, 0.5) is 0 Å². The van der Waals surface area contributed by atoms with E-state index in [0.717, 1.165) is 57.8 Å². The fraction of sp³-hybridized carbons (Fsp3) is 0.0357. The van der Waals surface area contributed by atoms with Gasteiger partial charge in [-0.25, -0.2) is 9.97 Å². The number of aromatic nitrogens is 4. The average Bonchev–Trinajstić information content (AvgIpc) is 3.84. The number of nitrogens with zero attached hydrogens (tertiary/aromatic N) is 4. The minimum absolute atomic E-state index is 0.718. The summed E-state index contributed by atoms with van der Waals surface area (Å²) in [6, 6.07) is 69.6. The normalized spacial score (nSPS) is 12.5. The van der Waals surface area contributed by atoms with E-state index in [-0.39, 0.29) is 0 Å². The minimum atomic E-state index is 0.718. The van der Waals surface area contributed by atoms with Gasteiger partial charge in [0.25, 0.3) is 0 Å². The molecule has 0 bridgehead atoms. The minimum Gasteiger partial charge on any atom is -0.310 e. The van der Waals surface area contributed by atoms with E-state index in [9.17, 15) is 0 Å². The lowest BCUT2D eigenvalue weighted by Crippen LogP contribution is -2.30. The van der Waals surface area contributed by atoms with E-state index >= 15 is 0 Å². The molecule has 60 heavy (non-hydrogen) atoms. The van der Waals surface area contributed by atoms with Gasteiger partial charge in [0.2, 0.25) is 0 Å². The van der Waals surface area contributed by atoms with Crippen LogP contribution in [-0.2, 0) is 0 Å². The Morgan fingerprint density at radius 1 is 0.350 bits per heavy atom. The molecule has 0 atom stereocenters. The lowest BCUT2D eigenvalue weighted by atomic mass is 10.0. The molecule has 1 aliphatic carbocycles. The van der Waals surface area contributed by atoms with Crippen molar-refractivity contribution in [2.75, 3.05) is 0 Å². The number of para-hydroxylation sites is 2. The highest BCUT2D eigenvalue weighted by Gasteiger charge is 2.17. The van der Waals surface area contributed by atoms with Gasteiger partial charge in [-0.2, -0.15) is 0 Å². The van der Waals surface area contributed by atoms with Crippen molar-refractivity contribution in [3.05, 3.63) is 205 Å². The van der Waals surface area contributed by atoms with Gasteiger partial charge in [-0.05, 0) is 101 Å². The molecular weight excluding hydrogens is 729 g/mol. The van der Waals surface area contributed by atoms with Gasteiger partial charge in [0.1, 0.15) is 0 Å². The second-order valence-electron chi connectivity index (χ2n) is 15.7. The lowest BCUT2D eigenvalue weighted by molar-refractivity contribution is 1.02. The third-order valence-electron chi connectivity index (χ3n) is 12.1. The highest BCUT2D eigenvalue weighted by atomic mass is 15.0. The van der Waals surface area contributed by atoms with E-state index in [4.69, 9.17) is 9.97 Å². The first-order valence-electron chi connectivity index (χ1n) is 20.7. The van der Waals surface area contributed by atoms with Gasteiger partial charge in [-0.1, -0.05) is 140 Å². The van der Waals surface area contributed by atoms with Gasteiger partial charge in [0, 0.05) is 54.8 Å². The topological polar surface area (TPSA) is 35.6 Å². The molecule has 11 aromatic rings. The molecule has 0 unspecified atom stereocenters. The smallest absolute Gasteiger partial charge is 0.160 e. The van der Waals surface area contributed by atoms with Gasteiger partial charge in [-0.3, -0.25) is 0 Å². The summed E-state index contributed by atoms with van der Waals surface area (Å²) in [6.45, 7) is 0. The zero-order valence-electron chi connectivity index (χ0n) is 32.8. The Balaban J connectivity index is 0.948. The Hall–Kier alpha value is -7.82. The molecule has 0 saturated carbocycles. The summed E-state index contributed by atoms with van der Waals surface area (Å²) in [4.78, 5) is 10.1. The third kappa shape index (κ3) is 5.68. The standard InChI is InChI=1S/C56H38N4/c1-4-14-37(15-5-1)50-36-51(58-56(57-50)38-16-6-2-7-17-38)43-25-24-40-33-45(29-26-39(40)32-43)60-53-23-13-11-21-47(53)49-35-42(28-31-55(49)60)41-27-30-54-48(34-41)46-20-10-12-22-52(46)59(54)44-18-8-3-9-19-44/h1-9,11,13-36H,10,12H2. The van der Waals surface area contributed by atoms with Crippen molar-refractivity contribution >= 4 is 55.6 Å². The second kappa shape index (κ2) is 13.9. The summed E-state index contributed by atoms with van der Waals surface area (Å²) < 4.78 is 4.83. The van der Waals surface area contributed by atoms with Crippen LogP contribution in [0.5, 0.6) is 0 Å². The molecule has 4 heteroatoms. The first kappa shape index (κ1) is 34.2. The maximum absolute atomic E-state index is 5.09. The van der Waals surface area contributed by atoms with Crippen molar-refractivity contribution in [1.82, 2.24) is 19.1 Å². The molecule has 282 valence electrons. The highest BCUT2D eigenvalue weighted by Crippen LogP contribution is 2.37. The molecule has 0 saturated heterocycles. The molecule has 4 nitrogen and oxygen atoms in total. The summed E-state index contributed by atoms with van der Waals surface area (Å²) in [7, 11) is 0. The van der Waals surface area contributed by atoms with Gasteiger partial charge in [0.05, 0.1) is 27.9 Å². The number of benzene rings is 8. The molecule has 8 aromatic carbocycles. The summed E-state index contributed by atoms with van der Waals surface area (Å²) in [6.07, 6.45) is 6.95. The maximum atomic E-state index is 5.09. The summed E-state index contributed by atoms with van der Waals surface area (Å²) in [5.74, 6) is 0.718. The zero-order valence-corrected chi connectivity index (χ0v) is 32.8. The summed E-state index contributed by atoms with van der Waals surface area (Å²) in [5, 5.41) is 8.77. The molecule has 3 heterocycles. The Bertz CT molecular complexity index is 3520. The first-order chi connectivity index (χ1) is 29.7. The van der Waals surface area contributed by atoms with Crippen molar-refractivity contribution in [3.63, 3.8) is 0 Å². The van der Waals surface area contributed by atoms with Crippen LogP contribution < -0.4 is 10.6 Å².